The van der Waals surface area contributed by atoms with Crippen LogP contribution in [0.1, 0.15) is 103 Å². The number of fused-ring (bicyclic) bond motifs is 9. The van der Waals surface area contributed by atoms with E-state index < -0.39 is 0 Å². The number of anilines is 5. The Labute approximate surface area is 316 Å². The largest absolute Gasteiger partial charge is 0.440 e. The molecule has 53 heavy (non-hydrogen) atoms. The van der Waals surface area contributed by atoms with Crippen LogP contribution in [0, 0.1) is 6.92 Å². The Kier molecular flexibility index (Phi) is 6.65. The molecule has 1 saturated carbocycles. The van der Waals surface area contributed by atoms with Crippen LogP contribution in [0.4, 0.5) is 28.6 Å². The molecule has 0 saturated heterocycles. The van der Waals surface area contributed by atoms with E-state index in [9.17, 15) is 0 Å². The van der Waals surface area contributed by atoms with Crippen LogP contribution in [0.5, 0.6) is 0 Å². The van der Waals surface area contributed by atoms with Crippen LogP contribution < -0.4 is 26.2 Å². The second-order valence-corrected chi connectivity index (χ2v) is 19.0. The number of aryl methyl sites for hydroxylation is 1. The van der Waals surface area contributed by atoms with Crippen LogP contribution >= 0.6 is 0 Å². The number of hydrogen-bond donors (Lipinski definition) is 0. The molecule has 1 fully saturated rings. The number of nitrogens with zero attached hydrogens (tertiary/aromatic N) is 2. The fraction of sp³-hybridized carbons (Fsp3) is 0.347. The SMILES string of the molecule is Cc1cc2c3c(c1)N1c4c(cc(C(C)(C)C)cc4C4(C)CCCCC14C)B3c1c(oc3ccccc13)N2c1ccc(C(C)(C)C)cc1-c1ccccc1. The first-order chi connectivity index (χ1) is 25.2. The minimum absolute atomic E-state index is 0.00605. The van der Waals surface area contributed by atoms with E-state index in [2.05, 4.69) is 169 Å². The van der Waals surface area contributed by atoms with Gasteiger partial charge in [-0.05, 0) is 107 Å². The summed E-state index contributed by atoms with van der Waals surface area (Å²) in [6, 6.07) is 36.9. The molecule has 1 aromatic heterocycles. The molecule has 10 rings (SSSR count). The monoisotopic (exact) mass is 694 g/mol. The van der Waals surface area contributed by atoms with Gasteiger partial charge in [0.1, 0.15) is 5.58 Å². The van der Waals surface area contributed by atoms with E-state index in [1.54, 1.807) is 5.56 Å². The molecular weight excluding hydrogens is 643 g/mol. The fourth-order valence-electron chi connectivity index (χ4n) is 10.7. The van der Waals surface area contributed by atoms with Gasteiger partial charge < -0.3 is 9.32 Å². The lowest BCUT2D eigenvalue weighted by Crippen LogP contribution is -2.64. The highest BCUT2D eigenvalue weighted by molar-refractivity contribution is 7.01. The van der Waals surface area contributed by atoms with Crippen molar-refractivity contribution in [1.29, 1.82) is 0 Å². The lowest BCUT2D eigenvalue weighted by Gasteiger charge is -2.52. The molecule has 6 aromatic rings. The van der Waals surface area contributed by atoms with Crippen LogP contribution in [0.25, 0.3) is 22.1 Å². The lowest BCUT2D eigenvalue weighted by molar-refractivity contribution is 0.195. The maximum absolute atomic E-state index is 7.17. The summed E-state index contributed by atoms with van der Waals surface area (Å²) in [6.07, 6.45) is 4.94. The third-order valence-corrected chi connectivity index (χ3v) is 13.8. The molecule has 4 heterocycles. The van der Waals surface area contributed by atoms with Crippen LogP contribution in [-0.4, -0.2) is 12.3 Å². The summed E-state index contributed by atoms with van der Waals surface area (Å²) >= 11 is 0. The third kappa shape index (κ3) is 4.36. The molecule has 4 heteroatoms. The molecule has 0 bridgehead atoms. The van der Waals surface area contributed by atoms with Gasteiger partial charge in [-0.15, -0.1) is 0 Å². The summed E-state index contributed by atoms with van der Waals surface area (Å²) < 4.78 is 7.17. The van der Waals surface area contributed by atoms with E-state index in [-0.39, 0.29) is 28.5 Å². The van der Waals surface area contributed by atoms with Crippen LogP contribution in [-0.2, 0) is 16.2 Å². The van der Waals surface area contributed by atoms with Crippen molar-refractivity contribution in [2.45, 2.75) is 110 Å². The van der Waals surface area contributed by atoms with Crippen molar-refractivity contribution in [3.63, 3.8) is 0 Å². The summed E-state index contributed by atoms with van der Waals surface area (Å²) in [7, 11) is 0. The summed E-state index contributed by atoms with van der Waals surface area (Å²) in [4.78, 5) is 5.34. The van der Waals surface area contributed by atoms with Gasteiger partial charge in [0.15, 0.2) is 0 Å². The van der Waals surface area contributed by atoms with Gasteiger partial charge in [0.05, 0.1) is 11.2 Å². The van der Waals surface area contributed by atoms with Gasteiger partial charge in [-0.25, -0.2) is 0 Å². The molecule has 3 aliphatic heterocycles. The Hall–Kier alpha value is -4.70. The van der Waals surface area contributed by atoms with E-state index in [4.69, 9.17) is 4.42 Å². The summed E-state index contributed by atoms with van der Waals surface area (Å²) in [5, 5.41) is 1.21. The highest BCUT2D eigenvalue weighted by Gasteiger charge is 2.62. The predicted molar refractivity (Wildman–Crippen MR) is 226 cm³/mol. The molecular formula is C49H51BN2O. The van der Waals surface area contributed by atoms with E-state index in [0.717, 1.165) is 17.2 Å². The highest BCUT2D eigenvalue weighted by atomic mass is 16.4. The number of furan rings is 1. The van der Waals surface area contributed by atoms with Gasteiger partial charge >= 0.3 is 0 Å². The second kappa shape index (κ2) is 10.7. The molecule has 2 unspecified atom stereocenters. The lowest BCUT2D eigenvalue weighted by atomic mass is 9.33. The summed E-state index contributed by atoms with van der Waals surface area (Å²) in [5.41, 5.74) is 18.4. The first-order valence-corrected chi connectivity index (χ1v) is 19.9. The Morgan fingerprint density at radius 2 is 1.38 bits per heavy atom. The highest BCUT2D eigenvalue weighted by Crippen LogP contribution is 2.62. The van der Waals surface area contributed by atoms with Crippen LogP contribution in [0.2, 0.25) is 0 Å². The summed E-state index contributed by atoms with van der Waals surface area (Å²) in [6.45, 7) is 21.6. The Morgan fingerprint density at radius 1 is 0.679 bits per heavy atom. The molecule has 0 radical (unpaired) electrons. The van der Waals surface area contributed by atoms with Crippen molar-refractivity contribution in [2.24, 2.45) is 0 Å². The molecule has 0 spiro atoms. The molecule has 5 aromatic carbocycles. The van der Waals surface area contributed by atoms with Crippen LogP contribution in [0.15, 0.2) is 101 Å². The van der Waals surface area contributed by atoms with Gasteiger partial charge in [-0.1, -0.05) is 128 Å². The maximum Gasteiger partial charge on any atom is 0.257 e. The first kappa shape index (κ1) is 32.9. The minimum Gasteiger partial charge on any atom is -0.440 e. The van der Waals surface area contributed by atoms with Crippen LogP contribution in [0.3, 0.4) is 0 Å². The minimum atomic E-state index is -0.0293. The van der Waals surface area contributed by atoms with Crippen molar-refractivity contribution < 1.29 is 4.42 Å². The Balaban J connectivity index is 1.35. The predicted octanol–water partition coefficient (Wildman–Crippen LogP) is 11.4. The molecule has 1 aliphatic carbocycles. The standard InChI is InChI=1S/C49H51BN2O/c1-30-25-39-43-40(26-30)52-44-36(48(8)23-15-16-24-49(48,52)9)28-33(47(5,6)7)29-37(44)50(43)42-34-19-13-14-20-41(34)53-45(42)51(39)38-22-21-32(46(2,3)4)27-35(38)31-17-11-10-12-18-31/h10-14,17-22,25-29H,15-16,23-24H2,1-9H3. The third-order valence-electron chi connectivity index (χ3n) is 13.8. The van der Waals surface area contributed by atoms with Gasteiger partial charge in [0.25, 0.3) is 6.71 Å². The number of rotatable bonds is 2. The van der Waals surface area contributed by atoms with Crippen molar-refractivity contribution in [1.82, 2.24) is 0 Å². The van der Waals surface area contributed by atoms with E-state index >= 15 is 0 Å². The van der Waals surface area contributed by atoms with E-state index in [1.165, 1.54) is 92.3 Å². The maximum atomic E-state index is 7.17. The smallest absolute Gasteiger partial charge is 0.257 e. The zero-order chi connectivity index (χ0) is 36.8. The average molecular weight is 695 g/mol. The van der Waals surface area contributed by atoms with E-state index in [1.807, 2.05) is 0 Å². The quantitative estimate of drug-likeness (QED) is 0.168. The number of benzene rings is 5. The Morgan fingerprint density at radius 3 is 2.13 bits per heavy atom. The molecule has 3 nitrogen and oxygen atoms in total. The number of para-hydroxylation sites is 1. The normalized spacial score (nSPS) is 21.4. The molecule has 2 atom stereocenters. The van der Waals surface area contributed by atoms with Crippen molar-refractivity contribution in [2.75, 3.05) is 9.80 Å². The summed E-state index contributed by atoms with van der Waals surface area (Å²) in [5.74, 6) is 0.942. The van der Waals surface area contributed by atoms with Crippen molar-refractivity contribution in [3.8, 4) is 11.1 Å². The van der Waals surface area contributed by atoms with Crippen molar-refractivity contribution in [3.05, 3.63) is 119 Å². The Bertz CT molecular complexity index is 2500. The topological polar surface area (TPSA) is 19.6 Å². The second-order valence-electron chi connectivity index (χ2n) is 19.0. The molecule has 0 amide bonds. The van der Waals surface area contributed by atoms with Gasteiger partial charge in [0.2, 0.25) is 5.88 Å². The molecule has 266 valence electrons. The fourth-order valence-corrected chi connectivity index (χ4v) is 10.7. The average Bonchev–Trinajstić information content (AvgIpc) is 3.60. The zero-order valence-corrected chi connectivity index (χ0v) is 32.9. The van der Waals surface area contributed by atoms with Crippen molar-refractivity contribution >= 4 is 62.7 Å². The van der Waals surface area contributed by atoms with Gasteiger partial charge in [0, 0.05) is 38.9 Å². The molecule has 0 N–H and O–H groups in total. The van der Waals surface area contributed by atoms with Gasteiger partial charge in [-0.3, -0.25) is 4.90 Å². The zero-order valence-electron chi connectivity index (χ0n) is 32.9. The first-order valence-electron chi connectivity index (χ1n) is 19.9. The number of hydrogen-bond acceptors (Lipinski definition) is 3. The van der Waals surface area contributed by atoms with Gasteiger partial charge in [-0.2, -0.15) is 0 Å². The molecule has 4 aliphatic rings. The van der Waals surface area contributed by atoms with E-state index in [0.29, 0.717) is 0 Å².